The molecule has 0 N–H and O–H groups in total. The van der Waals surface area contributed by atoms with Gasteiger partial charge in [-0.2, -0.15) is 0 Å². The van der Waals surface area contributed by atoms with Crippen molar-refractivity contribution in [3.8, 4) is 0 Å². The summed E-state index contributed by atoms with van der Waals surface area (Å²) < 4.78 is 18.1. The summed E-state index contributed by atoms with van der Waals surface area (Å²) in [5, 5.41) is 0. The van der Waals surface area contributed by atoms with Gasteiger partial charge in [-0.05, 0) is 185 Å². The first-order valence-corrected chi connectivity index (χ1v) is 22.3. The van der Waals surface area contributed by atoms with Crippen molar-refractivity contribution >= 4 is 17.7 Å². The van der Waals surface area contributed by atoms with Gasteiger partial charge in [-0.25, -0.2) is 0 Å². The number of carbonyl (C=O) groups is 3. The van der Waals surface area contributed by atoms with Gasteiger partial charge >= 0.3 is 11.9 Å². The molecule has 306 valence electrons. The number of ketones is 1. The third-order valence-corrected chi connectivity index (χ3v) is 15.7. The number of esters is 2. The fourth-order valence-corrected chi connectivity index (χ4v) is 13.6. The molecule has 4 bridgehead atoms. The van der Waals surface area contributed by atoms with Gasteiger partial charge in [0, 0.05) is 6.42 Å². The molecule has 6 rings (SSSR count). The number of carbonyl (C=O) groups excluding carboxylic acids is 3. The Morgan fingerprint density at radius 2 is 1.27 bits per heavy atom. The number of allylic oxidation sites excluding steroid dienone is 3. The Balaban J connectivity index is 1.02. The molecule has 0 aromatic carbocycles. The van der Waals surface area contributed by atoms with Crippen molar-refractivity contribution in [2.45, 2.75) is 125 Å². The average Bonchev–Trinajstić information content (AvgIpc) is 3.97. The molecule has 6 fully saturated rings. The van der Waals surface area contributed by atoms with Crippen LogP contribution in [0.5, 0.6) is 0 Å². The van der Waals surface area contributed by atoms with Gasteiger partial charge in [0.15, 0.2) is 5.78 Å². The Morgan fingerprint density at radius 1 is 0.691 bits per heavy atom. The zero-order valence-corrected chi connectivity index (χ0v) is 35.3. The van der Waals surface area contributed by atoms with E-state index >= 15 is 0 Å². The molecule has 6 heteroatoms. The topological polar surface area (TPSA) is 78.9 Å². The van der Waals surface area contributed by atoms with Gasteiger partial charge in [-0.3, -0.25) is 14.4 Å². The van der Waals surface area contributed by atoms with E-state index in [9.17, 15) is 14.4 Å². The monoisotopic (exact) mass is 759 g/mol. The zero-order chi connectivity index (χ0) is 39.6. The summed E-state index contributed by atoms with van der Waals surface area (Å²) in [6.07, 6.45) is 17.4. The van der Waals surface area contributed by atoms with E-state index in [4.69, 9.17) is 14.2 Å². The summed E-state index contributed by atoms with van der Waals surface area (Å²) in [6, 6.07) is 0. The molecule has 0 radical (unpaired) electrons. The number of hydrogen-bond donors (Lipinski definition) is 0. The number of hydrogen-bond acceptors (Lipinski definition) is 6. The fourth-order valence-electron chi connectivity index (χ4n) is 13.6. The van der Waals surface area contributed by atoms with Crippen LogP contribution < -0.4 is 0 Å². The van der Waals surface area contributed by atoms with Crippen molar-refractivity contribution in [1.82, 2.24) is 0 Å². The molecule has 6 saturated carbocycles. The SMILES string of the molecule is C=CC(=C)OCC1CC2C3CC(COC(=O)C(CC(=O)OCC4CC5C6CC(CCC(=O)C(=C)C)C(C6)C5C4)/C(C)=C/C(C)CC(C)CC(C)C)C(C3)C2C1. The van der Waals surface area contributed by atoms with Gasteiger partial charge in [0.2, 0.25) is 0 Å². The molecule has 6 aliphatic carbocycles. The van der Waals surface area contributed by atoms with Crippen LogP contribution in [-0.4, -0.2) is 37.5 Å². The smallest absolute Gasteiger partial charge is 0.313 e. The number of rotatable bonds is 21. The summed E-state index contributed by atoms with van der Waals surface area (Å²) in [6.45, 7) is 26.1. The Morgan fingerprint density at radius 3 is 1.87 bits per heavy atom. The van der Waals surface area contributed by atoms with Crippen LogP contribution in [-0.2, 0) is 28.6 Å². The summed E-state index contributed by atoms with van der Waals surface area (Å²) in [5.74, 6) is 8.90. The quantitative estimate of drug-likeness (QED) is 0.0381. The maximum Gasteiger partial charge on any atom is 0.313 e. The number of fused-ring (bicyclic) bond motifs is 10. The van der Waals surface area contributed by atoms with Crippen molar-refractivity contribution < 1.29 is 28.6 Å². The highest BCUT2D eigenvalue weighted by molar-refractivity contribution is 5.94. The second-order valence-corrected chi connectivity index (χ2v) is 20.3. The average molecular weight is 759 g/mol. The van der Waals surface area contributed by atoms with Gasteiger partial charge in [0.05, 0.1) is 32.2 Å². The van der Waals surface area contributed by atoms with Crippen LogP contribution in [0, 0.1) is 94.7 Å². The van der Waals surface area contributed by atoms with Crippen LogP contribution in [0.1, 0.15) is 125 Å². The number of ether oxygens (including phenoxy) is 3. The predicted molar refractivity (Wildman–Crippen MR) is 219 cm³/mol. The van der Waals surface area contributed by atoms with Crippen molar-refractivity contribution in [1.29, 1.82) is 0 Å². The van der Waals surface area contributed by atoms with E-state index in [0.29, 0.717) is 102 Å². The van der Waals surface area contributed by atoms with Crippen LogP contribution >= 0.6 is 0 Å². The Kier molecular flexibility index (Phi) is 14.0. The first kappa shape index (κ1) is 42.0. The van der Waals surface area contributed by atoms with Crippen molar-refractivity contribution in [2.75, 3.05) is 19.8 Å². The first-order valence-electron chi connectivity index (χ1n) is 22.3. The third-order valence-electron chi connectivity index (χ3n) is 15.7. The van der Waals surface area contributed by atoms with Crippen LogP contribution in [0.25, 0.3) is 0 Å². The molecule has 6 nitrogen and oxygen atoms in total. The highest BCUT2D eigenvalue weighted by Crippen LogP contribution is 2.64. The lowest BCUT2D eigenvalue weighted by molar-refractivity contribution is -0.155. The summed E-state index contributed by atoms with van der Waals surface area (Å²) in [7, 11) is 0. The molecule has 0 saturated heterocycles. The van der Waals surface area contributed by atoms with Crippen LogP contribution in [0.15, 0.2) is 48.8 Å². The summed E-state index contributed by atoms with van der Waals surface area (Å²) >= 11 is 0. The molecular weight excluding hydrogens is 685 g/mol. The largest absolute Gasteiger partial charge is 0.494 e. The van der Waals surface area contributed by atoms with Crippen LogP contribution in [0.4, 0.5) is 0 Å². The van der Waals surface area contributed by atoms with Crippen molar-refractivity contribution in [3.63, 3.8) is 0 Å². The van der Waals surface area contributed by atoms with Gasteiger partial charge in [0.25, 0.3) is 0 Å². The van der Waals surface area contributed by atoms with E-state index in [0.717, 1.165) is 62.0 Å². The Bertz CT molecular complexity index is 1460. The molecular formula is C49H74O6. The molecule has 0 aromatic rings. The minimum atomic E-state index is -0.617. The Hall–Kier alpha value is -2.63. The minimum absolute atomic E-state index is 0.0399. The van der Waals surface area contributed by atoms with Gasteiger partial charge in [-0.15, -0.1) is 0 Å². The lowest BCUT2D eigenvalue weighted by Gasteiger charge is -2.31. The summed E-state index contributed by atoms with van der Waals surface area (Å²) in [4.78, 5) is 39.8. The molecule has 0 spiro atoms. The maximum atomic E-state index is 14.0. The van der Waals surface area contributed by atoms with Crippen molar-refractivity contribution in [3.05, 3.63) is 48.8 Å². The van der Waals surface area contributed by atoms with E-state index < -0.39 is 5.92 Å². The van der Waals surface area contributed by atoms with E-state index in [-0.39, 0.29) is 24.1 Å². The molecule has 15 unspecified atom stereocenters. The lowest BCUT2D eigenvalue weighted by Crippen LogP contribution is -2.30. The third kappa shape index (κ3) is 10.1. The van der Waals surface area contributed by atoms with Crippen LogP contribution in [0.3, 0.4) is 0 Å². The van der Waals surface area contributed by atoms with E-state index in [1.807, 2.05) is 13.8 Å². The molecule has 0 aromatic heterocycles. The second kappa shape index (κ2) is 18.3. The minimum Gasteiger partial charge on any atom is -0.494 e. The van der Waals surface area contributed by atoms with Gasteiger partial charge < -0.3 is 14.2 Å². The van der Waals surface area contributed by atoms with Gasteiger partial charge in [0.1, 0.15) is 5.76 Å². The van der Waals surface area contributed by atoms with Crippen LogP contribution in [0.2, 0.25) is 0 Å². The highest BCUT2D eigenvalue weighted by atomic mass is 16.5. The lowest BCUT2D eigenvalue weighted by atomic mass is 9.74. The molecule has 0 heterocycles. The number of Topliss-reactive ketones (excluding diaryl/α,β-unsaturated/α-hetero) is 1. The predicted octanol–water partition coefficient (Wildman–Crippen LogP) is 11.0. The van der Waals surface area contributed by atoms with Crippen molar-refractivity contribution in [2.24, 2.45) is 94.7 Å². The summed E-state index contributed by atoms with van der Waals surface area (Å²) in [5.41, 5.74) is 1.60. The molecule has 6 aliphatic rings. The van der Waals surface area contributed by atoms with E-state index in [2.05, 4.69) is 53.5 Å². The molecule has 0 aliphatic heterocycles. The Labute approximate surface area is 333 Å². The fraction of sp³-hybridized carbons (Fsp3) is 0.776. The zero-order valence-electron chi connectivity index (χ0n) is 35.3. The molecule has 55 heavy (non-hydrogen) atoms. The normalized spacial score (nSPS) is 35.9. The second-order valence-electron chi connectivity index (χ2n) is 20.3. The highest BCUT2D eigenvalue weighted by Gasteiger charge is 2.57. The molecule has 15 atom stereocenters. The maximum absolute atomic E-state index is 14.0. The van der Waals surface area contributed by atoms with E-state index in [1.54, 1.807) is 6.08 Å². The molecule has 0 amide bonds. The van der Waals surface area contributed by atoms with Gasteiger partial charge in [-0.1, -0.05) is 59.1 Å². The standard InChI is InChI=1S/C49H74O6/c1-10-33(9)53-25-34-16-42-38-21-39(44(23-38)46(42)18-34)27-55-49(52)40(32(8)15-31(7)14-30(6)13-28(2)3)24-48(51)54-26-35-17-41-37-20-36(11-12-47(50)29(4)5)43(22-37)45(41)19-35/h10,15,28,30-31,34-46H,1,4,9,11-14,16-27H2,2-3,5-8H3/b32-15+. The van der Waals surface area contributed by atoms with E-state index in [1.165, 1.54) is 38.5 Å². The first-order chi connectivity index (χ1) is 26.2.